The zero-order valence-corrected chi connectivity index (χ0v) is 31.6. The molecule has 1 heterocycles. The van der Waals surface area contributed by atoms with E-state index in [1.54, 1.807) is 54.6 Å². The first-order valence-corrected chi connectivity index (χ1v) is 19.2. The number of hydrogen-bond donors (Lipinski definition) is 0. The number of rotatable bonds is 14. The van der Waals surface area contributed by atoms with Crippen LogP contribution in [0.3, 0.4) is 0 Å². The van der Waals surface area contributed by atoms with Crippen LogP contribution in [0, 0.1) is 10.1 Å². The lowest BCUT2D eigenvalue weighted by molar-refractivity contribution is -0.384. The second kappa shape index (κ2) is 16.9. The van der Waals surface area contributed by atoms with Crippen molar-refractivity contribution in [2.75, 3.05) is 13.7 Å². The lowest BCUT2D eigenvalue weighted by Crippen LogP contribution is -2.48. The van der Waals surface area contributed by atoms with E-state index in [9.17, 15) is 23.3 Å². The molecule has 5 aromatic carbocycles. The van der Waals surface area contributed by atoms with Crippen LogP contribution in [0.4, 0.5) is 5.69 Å². The molecule has 0 radical (unpaired) electrons. The van der Waals surface area contributed by atoms with Gasteiger partial charge in [0.2, 0.25) is 10.0 Å². The van der Waals surface area contributed by atoms with Crippen molar-refractivity contribution < 1.29 is 37.1 Å². The number of nitrogens with zero attached hydrogens (tertiary/aromatic N) is 2. The molecule has 1 unspecified atom stereocenters. The van der Waals surface area contributed by atoms with Crippen molar-refractivity contribution in [2.24, 2.45) is 0 Å². The molecule has 0 N–H and O–H groups in total. The predicted molar refractivity (Wildman–Crippen MR) is 204 cm³/mol. The Morgan fingerprint density at radius 2 is 1.65 bits per heavy atom. The van der Waals surface area contributed by atoms with Crippen LogP contribution in [-0.4, -0.2) is 43.4 Å². The van der Waals surface area contributed by atoms with Crippen molar-refractivity contribution in [3.8, 4) is 17.2 Å². The van der Waals surface area contributed by atoms with Gasteiger partial charge in [0.15, 0.2) is 17.6 Å². The van der Waals surface area contributed by atoms with Crippen molar-refractivity contribution in [1.29, 1.82) is 0 Å². The third kappa shape index (κ3) is 8.63. The second-order valence-electron chi connectivity index (χ2n) is 12.5. The highest BCUT2D eigenvalue weighted by atomic mass is 35.5. The number of fused-ring (bicyclic) bond motifs is 1. The molecule has 0 amide bonds. The Hall–Kier alpha value is -5.14. The SMILES string of the molecule is CC[C@@H](c1ccccc1)N(C(Cc1ccc2c(c1)OC[C@H](c1cccc(OCc3ccc(Cl)c(Cl)c3)c1)O2)C(=O)OC)S(=O)(=O)c1ccc([N+](=O)[O-])cc1. The Morgan fingerprint density at radius 3 is 2.33 bits per heavy atom. The number of nitro benzene ring substituents is 1. The molecule has 1 aliphatic heterocycles. The summed E-state index contributed by atoms with van der Waals surface area (Å²) >= 11 is 12.2. The van der Waals surface area contributed by atoms with Crippen LogP contribution in [-0.2, 0) is 32.6 Å². The maximum Gasteiger partial charge on any atom is 0.324 e. The molecule has 54 heavy (non-hydrogen) atoms. The average Bonchev–Trinajstić information content (AvgIpc) is 3.19. The number of ether oxygens (including phenoxy) is 4. The van der Waals surface area contributed by atoms with Gasteiger partial charge >= 0.3 is 5.97 Å². The molecule has 0 aliphatic carbocycles. The Labute approximate surface area is 323 Å². The van der Waals surface area contributed by atoms with Gasteiger partial charge < -0.3 is 18.9 Å². The fourth-order valence-electron chi connectivity index (χ4n) is 6.30. The molecule has 6 rings (SSSR count). The minimum atomic E-state index is -4.43. The van der Waals surface area contributed by atoms with Crippen LogP contribution in [0.1, 0.15) is 47.7 Å². The normalized spacial score (nSPS) is 14.9. The molecule has 0 aromatic heterocycles. The summed E-state index contributed by atoms with van der Waals surface area (Å²) in [6.45, 7) is 2.29. The number of benzene rings is 5. The summed E-state index contributed by atoms with van der Waals surface area (Å²) in [6, 6.07) is 29.5. The van der Waals surface area contributed by atoms with Gasteiger partial charge in [-0.1, -0.05) is 84.7 Å². The van der Waals surface area contributed by atoms with Gasteiger partial charge in [-0.25, -0.2) is 8.42 Å². The highest BCUT2D eigenvalue weighted by Gasteiger charge is 2.42. The summed E-state index contributed by atoms with van der Waals surface area (Å²) in [5, 5.41) is 12.2. The Balaban J connectivity index is 1.25. The van der Waals surface area contributed by atoms with Crippen LogP contribution in [0.2, 0.25) is 10.0 Å². The van der Waals surface area contributed by atoms with Gasteiger partial charge in [0, 0.05) is 12.1 Å². The van der Waals surface area contributed by atoms with Crippen LogP contribution < -0.4 is 14.2 Å². The molecule has 0 spiro atoms. The zero-order valence-electron chi connectivity index (χ0n) is 29.3. The number of carbonyl (C=O) groups is 1. The van der Waals surface area contributed by atoms with Crippen LogP contribution >= 0.6 is 23.2 Å². The van der Waals surface area contributed by atoms with E-state index in [0.29, 0.717) is 44.8 Å². The first-order valence-electron chi connectivity index (χ1n) is 17.0. The van der Waals surface area contributed by atoms with Gasteiger partial charge in [-0.3, -0.25) is 14.9 Å². The number of sulfonamides is 1. The molecule has 11 nitrogen and oxygen atoms in total. The number of methoxy groups -OCH3 is 1. The molecular formula is C40H36Cl2N2O9S. The number of halogens is 2. The van der Waals surface area contributed by atoms with Crippen LogP contribution in [0.5, 0.6) is 17.2 Å². The standard InChI is InChI=1S/C40H36Cl2N2O9S/c1-3-35(28-8-5-4-6-9-28)43(54(48,49)32-16-14-30(15-17-32)44(46)47)36(40(45)50-2)21-26-13-19-37-38(22-26)52-25-39(53-37)29-10-7-11-31(23-29)51-24-27-12-18-33(41)34(42)20-27/h4-20,22-23,35-36,39H,3,21,24-25H2,1-2H3/t35-,36?,39+/m0/s1. The fourth-order valence-corrected chi connectivity index (χ4v) is 8.44. The number of non-ortho nitro benzene ring substituents is 1. The van der Waals surface area contributed by atoms with Gasteiger partial charge in [-0.2, -0.15) is 4.31 Å². The van der Waals surface area contributed by atoms with Gasteiger partial charge in [0.1, 0.15) is 25.0 Å². The first-order chi connectivity index (χ1) is 26.0. The quantitative estimate of drug-likeness (QED) is 0.0614. The zero-order chi connectivity index (χ0) is 38.4. The largest absolute Gasteiger partial charge is 0.489 e. The highest BCUT2D eigenvalue weighted by molar-refractivity contribution is 7.89. The van der Waals surface area contributed by atoms with E-state index in [-0.39, 0.29) is 30.2 Å². The van der Waals surface area contributed by atoms with E-state index in [1.807, 2.05) is 43.3 Å². The van der Waals surface area contributed by atoms with Crippen molar-refractivity contribution in [2.45, 2.75) is 49.5 Å². The van der Waals surface area contributed by atoms with Crippen LogP contribution in [0.15, 0.2) is 120 Å². The van der Waals surface area contributed by atoms with Gasteiger partial charge in [-0.05, 0) is 83.6 Å². The molecule has 0 saturated carbocycles. The maximum atomic E-state index is 14.5. The summed E-state index contributed by atoms with van der Waals surface area (Å²) in [4.78, 5) is 24.1. The second-order valence-corrected chi connectivity index (χ2v) is 15.1. The molecular weight excluding hydrogens is 755 g/mol. The molecule has 280 valence electrons. The fraction of sp³-hybridized carbons (Fsp3) is 0.225. The van der Waals surface area contributed by atoms with E-state index < -0.39 is 39.1 Å². The minimum Gasteiger partial charge on any atom is -0.489 e. The molecule has 1 aliphatic rings. The maximum absolute atomic E-state index is 14.5. The number of esters is 1. The minimum absolute atomic E-state index is 0.0689. The van der Waals surface area contributed by atoms with E-state index in [2.05, 4.69) is 0 Å². The monoisotopic (exact) mass is 790 g/mol. The lowest BCUT2D eigenvalue weighted by Gasteiger charge is -2.36. The van der Waals surface area contributed by atoms with E-state index in [1.165, 1.54) is 19.2 Å². The van der Waals surface area contributed by atoms with Crippen molar-refractivity contribution in [1.82, 2.24) is 4.31 Å². The number of carbonyl (C=O) groups excluding carboxylic acids is 1. The average molecular weight is 792 g/mol. The van der Waals surface area contributed by atoms with E-state index >= 15 is 0 Å². The molecule has 0 saturated heterocycles. The summed E-state index contributed by atoms with van der Waals surface area (Å²) in [5.74, 6) is 0.759. The summed E-state index contributed by atoms with van der Waals surface area (Å²) in [6.07, 6.45) is -0.202. The Bertz CT molecular complexity index is 2240. The lowest BCUT2D eigenvalue weighted by atomic mass is 10.00. The van der Waals surface area contributed by atoms with Crippen molar-refractivity contribution >= 4 is 44.9 Å². The Morgan fingerprint density at radius 1 is 0.907 bits per heavy atom. The molecule has 3 atom stereocenters. The topological polar surface area (TPSA) is 135 Å². The summed E-state index contributed by atoms with van der Waals surface area (Å²) in [5.41, 5.74) is 2.69. The van der Waals surface area contributed by atoms with Gasteiger partial charge in [0.05, 0.1) is 33.0 Å². The number of nitro groups is 1. The predicted octanol–water partition coefficient (Wildman–Crippen LogP) is 8.92. The smallest absolute Gasteiger partial charge is 0.324 e. The summed E-state index contributed by atoms with van der Waals surface area (Å²) in [7, 11) is -3.23. The molecule has 14 heteroatoms. The van der Waals surface area contributed by atoms with E-state index in [0.717, 1.165) is 27.6 Å². The van der Waals surface area contributed by atoms with E-state index in [4.69, 9.17) is 42.1 Å². The molecule has 0 bridgehead atoms. The van der Waals surface area contributed by atoms with Crippen molar-refractivity contribution in [3.05, 3.63) is 158 Å². The third-order valence-electron chi connectivity index (χ3n) is 9.00. The molecule has 5 aromatic rings. The van der Waals surface area contributed by atoms with Gasteiger partial charge in [-0.15, -0.1) is 0 Å². The van der Waals surface area contributed by atoms with Gasteiger partial charge in [0.25, 0.3) is 5.69 Å². The van der Waals surface area contributed by atoms with Crippen LogP contribution in [0.25, 0.3) is 0 Å². The Kier molecular flexibility index (Phi) is 12.1. The third-order valence-corrected chi connectivity index (χ3v) is 11.7. The number of hydrogen-bond acceptors (Lipinski definition) is 9. The highest BCUT2D eigenvalue weighted by Crippen LogP contribution is 2.40. The first kappa shape index (κ1) is 38.6. The molecule has 0 fully saturated rings. The van der Waals surface area contributed by atoms with Crippen molar-refractivity contribution in [3.63, 3.8) is 0 Å². The summed E-state index contributed by atoms with van der Waals surface area (Å²) < 4.78 is 53.8.